The van der Waals surface area contributed by atoms with E-state index in [2.05, 4.69) is 46.7 Å². The van der Waals surface area contributed by atoms with Gasteiger partial charge in [0, 0.05) is 53.9 Å². The number of halogens is 1. The normalized spacial score (nSPS) is 34.1. The first-order chi connectivity index (χ1) is 23.0. The van der Waals surface area contributed by atoms with Gasteiger partial charge in [0.15, 0.2) is 0 Å². The summed E-state index contributed by atoms with van der Waals surface area (Å²) < 4.78 is 29.9. The maximum Gasteiger partial charge on any atom is 0.262 e. The number of rotatable bonds is 4. The first-order valence-electron chi connectivity index (χ1n) is 17.6. The first-order valence-corrected chi connectivity index (χ1v) is 19.7. The minimum atomic E-state index is -2.94. The second kappa shape index (κ2) is 13.4. The van der Waals surface area contributed by atoms with E-state index in [-0.39, 0.29) is 34.5 Å². The zero-order chi connectivity index (χ0) is 33.6. The van der Waals surface area contributed by atoms with Crippen LogP contribution in [0.4, 0.5) is 5.69 Å². The average molecular weight is 694 g/mol. The lowest BCUT2D eigenvalue weighted by Gasteiger charge is -2.46. The number of carbonyl (C=O) groups excluding carboxylic acids is 2. The number of likely N-dealkylation sites (tertiary alicyclic amines) is 1. The lowest BCUT2D eigenvalue weighted by atomic mass is 9.68. The number of carbonyl (C=O) groups is 2. The van der Waals surface area contributed by atoms with Crippen LogP contribution in [0, 0.1) is 17.8 Å². The van der Waals surface area contributed by atoms with Crippen molar-refractivity contribution in [2.45, 2.75) is 75.6 Å². The summed E-state index contributed by atoms with van der Waals surface area (Å²) in [6, 6.07) is 11.9. The molecule has 7 rings (SSSR count). The molecule has 1 unspecified atom stereocenters. The van der Waals surface area contributed by atoms with Gasteiger partial charge in [0.1, 0.15) is 5.75 Å². The molecule has 8 nitrogen and oxygen atoms in total. The third kappa shape index (κ3) is 6.50. The van der Waals surface area contributed by atoms with E-state index < -0.39 is 9.71 Å². The molecule has 3 aliphatic heterocycles. The van der Waals surface area contributed by atoms with Crippen LogP contribution in [-0.4, -0.2) is 77.5 Å². The number of hydrogen-bond donors (Lipinski definition) is 1. The molecule has 2 fully saturated rings. The largest absolute Gasteiger partial charge is 0.490 e. The van der Waals surface area contributed by atoms with Crippen molar-refractivity contribution in [2.75, 3.05) is 44.3 Å². The van der Waals surface area contributed by atoms with Crippen molar-refractivity contribution in [3.63, 3.8) is 0 Å². The minimum Gasteiger partial charge on any atom is -0.490 e. The van der Waals surface area contributed by atoms with Gasteiger partial charge in [-0.3, -0.25) is 14.3 Å². The molecule has 7 atom stereocenters. The van der Waals surface area contributed by atoms with Gasteiger partial charge in [-0.05, 0) is 111 Å². The van der Waals surface area contributed by atoms with E-state index in [1.54, 1.807) is 6.07 Å². The Hall–Kier alpha value is -3.01. The molecule has 1 saturated carbocycles. The molecular weight excluding hydrogens is 646 g/mol. The second-order valence-electron chi connectivity index (χ2n) is 14.8. The van der Waals surface area contributed by atoms with Gasteiger partial charge in [0.25, 0.3) is 5.91 Å². The summed E-state index contributed by atoms with van der Waals surface area (Å²) in [4.78, 5) is 29.9. The highest BCUT2D eigenvalue weighted by molar-refractivity contribution is 7.99. The van der Waals surface area contributed by atoms with Gasteiger partial charge in [0.2, 0.25) is 5.91 Å². The minimum absolute atomic E-state index is 0.0244. The molecule has 0 radical (unpaired) electrons. The Bertz CT molecular complexity index is 1710. The fourth-order valence-corrected chi connectivity index (χ4v) is 9.99. The predicted octanol–water partition coefficient (Wildman–Crippen LogP) is 5.80. The molecule has 2 bridgehead atoms. The molecule has 2 amide bonds. The third-order valence-electron chi connectivity index (χ3n) is 11.8. The maximum atomic E-state index is 13.8. The quantitative estimate of drug-likeness (QED) is 0.248. The molecule has 2 aliphatic carbocycles. The number of aryl methyl sites for hydroxylation is 1. The van der Waals surface area contributed by atoms with E-state index in [0.29, 0.717) is 50.0 Å². The van der Waals surface area contributed by atoms with E-state index >= 15 is 0 Å². The van der Waals surface area contributed by atoms with Crippen LogP contribution in [0.1, 0.15) is 73.9 Å². The van der Waals surface area contributed by atoms with Crippen molar-refractivity contribution >= 4 is 44.7 Å². The van der Waals surface area contributed by atoms with Crippen molar-refractivity contribution in [1.29, 1.82) is 0 Å². The smallest absolute Gasteiger partial charge is 0.262 e. The number of hydrogen-bond acceptors (Lipinski definition) is 6. The molecule has 1 N–H and O–H groups in total. The highest BCUT2D eigenvalue weighted by atomic mass is 35.5. The average Bonchev–Trinajstić information content (AvgIpc) is 3.19. The van der Waals surface area contributed by atoms with Crippen LogP contribution < -0.4 is 14.4 Å². The zero-order valence-electron chi connectivity index (χ0n) is 28.1. The topological polar surface area (TPSA) is 88.2 Å². The Morgan fingerprint density at radius 2 is 2.00 bits per heavy atom. The summed E-state index contributed by atoms with van der Waals surface area (Å²) >= 11 is 6.46. The Kier molecular flexibility index (Phi) is 9.32. The van der Waals surface area contributed by atoms with Gasteiger partial charge >= 0.3 is 0 Å². The molecule has 10 heteroatoms. The van der Waals surface area contributed by atoms with Crippen LogP contribution in [-0.2, 0) is 31.1 Å². The highest BCUT2D eigenvalue weighted by Crippen LogP contribution is 2.47. The lowest BCUT2D eigenvalue weighted by molar-refractivity contribution is -0.141. The molecule has 1 saturated heterocycles. The van der Waals surface area contributed by atoms with Crippen molar-refractivity contribution in [2.24, 2.45) is 17.8 Å². The Morgan fingerprint density at radius 1 is 1.15 bits per heavy atom. The second-order valence-corrected chi connectivity index (χ2v) is 17.6. The number of nitrogens with one attached hydrogen (secondary N) is 1. The predicted molar refractivity (Wildman–Crippen MR) is 192 cm³/mol. The maximum absolute atomic E-state index is 13.8. The lowest BCUT2D eigenvalue weighted by Crippen LogP contribution is -2.50. The van der Waals surface area contributed by atoms with E-state index in [0.717, 1.165) is 68.2 Å². The molecule has 5 aliphatic rings. The molecule has 0 aromatic heterocycles. The fourth-order valence-electron chi connectivity index (χ4n) is 8.31. The van der Waals surface area contributed by atoms with Crippen LogP contribution >= 0.6 is 11.6 Å². The number of allylic oxidation sites excluding steroid dienone is 1. The van der Waals surface area contributed by atoms with Gasteiger partial charge in [-0.15, -0.1) is 0 Å². The van der Waals surface area contributed by atoms with Crippen LogP contribution in [0.5, 0.6) is 5.75 Å². The summed E-state index contributed by atoms with van der Waals surface area (Å²) in [5.74, 6) is 5.30. The number of amides is 2. The summed E-state index contributed by atoms with van der Waals surface area (Å²) in [6.07, 6.45) is 10.8. The number of β-lactam (4-membered cyclic amide) rings is 1. The first kappa shape index (κ1) is 33.5. The number of ether oxygens (including phenoxy) is 2. The van der Waals surface area contributed by atoms with Gasteiger partial charge < -0.3 is 19.3 Å². The van der Waals surface area contributed by atoms with E-state index in [1.807, 2.05) is 30.0 Å². The monoisotopic (exact) mass is 693 g/mol. The molecule has 258 valence electrons. The SMILES string of the molecule is C=S1(=O)NC(=O)c2ccc3c(c2)N(C[C@@H]2CC[C@H]2[C@@H](OCCN2CCC2=O)/C=C/C[C@H](C)[C@H]1C)C[C@@]1(CCCc2cc(Cl)ccc21)CO3. The molecule has 1 spiro atoms. The van der Waals surface area contributed by atoms with Crippen LogP contribution in [0.2, 0.25) is 5.02 Å². The molecule has 2 aromatic carbocycles. The van der Waals surface area contributed by atoms with Crippen molar-refractivity contribution < 1.29 is 23.3 Å². The number of nitrogens with zero attached hydrogens (tertiary/aromatic N) is 2. The molecule has 2 aromatic rings. The van der Waals surface area contributed by atoms with Gasteiger partial charge in [-0.25, -0.2) is 4.21 Å². The van der Waals surface area contributed by atoms with Crippen molar-refractivity contribution in [3.05, 3.63) is 70.3 Å². The molecule has 48 heavy (non-hydrogen) atoms. The Balaban J connectivity index is 1.25. The fraction of sp³-hybridized carbons (Fsp3) is 0.553. The van der Waals surface area contributed by atoms with Crippen molar-refractivity contribution in [3.8, 4) is 5.75 Å². The third-order valence-corrected chi connectivity index (χ3v) is 14.2. The summed E-state index contributed by atoms with van der Waals surface area (Å²) in [5, 5.41) is 0.414. The van der Waals surface area contributed by atoms with Gasteiger partial charge in [-0.2, -0.15) is 0 Å². The molecule has 3 heterocycles. The Labute approximate surface area is 290 Å². The number of anilines is 1. The van der Waals surface area contributed by atoms with Gasteiger partial charge in [-0.1, -0.05) is 36.7 Å². The van der Waals surface area contributed by atoms with Crippen LogP contribution in [0.3, 0.4) is 0 Å². The Morgan fingerprint density at radius 3 is 2.75 bits per heavy atom. The van der Waals surface area contributed by atoms with Crippen LogP contribution in [0.15, 0.2) is 48.6 Å². The van der Waals surface area contributed by atoms with E-state index in [9.17, 15) is 13.8 Å². The number of benzene rings is 2. The standard InChI is InChI=1S/C38H48ClN3O5S/c1-25-6-4-8-34(46-19-18-41-17-15-36(41)43)31-12-9-29(31)22-42-23-38(16-5-7-27-20-30(39)11-13-32(27)38)24-47-35-14-10-28(21-33(35)42)37(44)40-48(3,45)26(25)2/h4,8,10-11,13-14,20-21,25-26,29,31,34H,3,5-7,9,12,15-19,22-24H2,1-2H3,(H,40,44,45)/b8-4+/t25-,26+,29-,31+,34-,38-,48?/m0/s1. The molecular formula is C38H48ClN3O5S. The number of fused-ring (bicyclic) bond motifs is 4. The summed E-state index contributed by atoms with van der Waals surface area (Å²) in [7, 11) is -2.94. The van der Waals surface area contributed by atoms with Gasteiger partial charge in [0.05, 0.1) is 34.7 Å². The highest BCUT2D eigenvalue weighted by Gasteiger charge is 2.44. The van der Waals surface area contributed by atoms with Crippen LogP contribution in [0.25, 0.3) is 0 Å². The summed E-state index contributed by atoms with van der Waals surface area (Å²) in [5.41, 5.74) is 3.69. The zero-order valence-corrected chi connectivity index (χ0v) is 29.7. The van der Waals surface area contributed by atoms with E-state index in [4.69, 9.17) is 21.1 Å². The summed E-state index contributed by atoms with van der Waals surface area (Å²) in [6.45, 7) is 7.97. The van der Waals surface area contributed by atoms with Crippen molar-refractivity contribution in [1.82, 2.24) is 9.62 Å². The van der Waals surface area contributed by atoms with E-state index in [1.165, 1.54) is 11.1 Å².